The smallest absolute Gasteiger partial charge is 0.413 e. The van der Waals surface area contributed by atoms with Gasteiger partial charge in [0.1, 0.15) is 11.4 Å². The molecule has 1 amide bonds. The van der Waals surface area contributed by atoms with Gasteiger partial charge in [-0.25, -0.2) is 9.78 Å². The van der Waals surface area contributed by atoms with Crippen LogP contribution in [-0.2, 0) is 4.74 Å². The Balaban J connectivity index is 2.69. The van der Waals surface area contributed by atoms with Gasteiger partial charge in [-0.3, -0.25) is 5.32 Å². The van der Waals surface area contributed by atoms with Crippen molar-refractivity contribution < 1.29 is 9.53 Å². The number of nitrogens with one attached hydrogen (secondary N) is 2. The van der Waals surface area contributed by atoms with Crippen LogP contribution in [0.1, 0.15) is 26.5 Å². The van der Waals surface area contributed by atoms with E-state index in [1.807, 2.05) is 40.8 Å². The lowest BCUT2D eigenvalue weighted by Crippen LogP contribution is -2.27. The minimum Gasteiger partial charge on any atom is -0.444 e. The molecule has 1 rings (SSSR count). The van der Waals surface area contributed by atoms with E-state index < -0.39 is 11.7 Å². The lowest BCUT2D eigenvalue weighted by molar-refractivity contribution is 0.0635. The Bertz CT molecular complexity index is 411. The quantitative estimate of drug-likeness (QED) is 0.830. The van der Waals surface area contributed by atoms with Crippen molar-refractivity contribution in [1.29, 1.82) is 0 Å². The monoisotopic (exact) mass is 237 g/mol. The third-order valence-electron chi connectivity index (χ3n) is 1.98. The molecule has 0 radical (unpaired) electrons. The molecule has 1 aromatic rings. The molecule has 0 spiro atoms. The Kier molecular flexibility index (Phi) is 3.93. The van der Waals surface area contributed by atoms with E-state index in [1.165, 1.54) is 0 Å². The lowest BCUT2D eigenvalue weighted by Gasteiger charge is -2.19. The summed E-state index contributed by atoms with van der Waals surface area (Å²) >= 11 is 0. The van der Waals surface area contributed by atoms with E-state index in [0.29, 0.717) is 5.82 Å². The molecule has 2 N–H and O–H groups in total. The van der Waals surface area contributed by atoms with Crippen molar-refractivity contribution in [2.24, 2.45) is 0 Å². The van der Waals surface area contributed by atoms with Crippen LogP contribution in [0.2, 0.25) is 0 Å². The van der Waals surface area contributed by atoms with Crippen molar-refractivity contribution in [1.82, 2.24) is 4.98 Å². The van der Waals surface area contributed by atoms with Gasteiger partial charge >= 0.3 is 6.09 Å². The number of pyridine rings is 1. The number of aryl methyl sites for hydroxylation is 1. The maximum Gasteiger partial charge on any atom is 0.413 e. The fourth-order valence-corrected chi connectivity index (χ4v) is 1.30. The number of aromatic nitrogens is 1. The fourth-order valence-electron chi connectivity index (χ4n) is 1.30. The summed E-state index contributed by atoms with van der Waals surface area (Å²) in [4.78, 5) is 15.7. The van der Waals surface area contributed by atoms with E-state index >= 15 is 0 Å². The van der Waals surface area contributed by atoms with E-state index in [1.54, 1.807) is 6.07 Å². The summed E-state index contributed by atoms with van der Waals surface area (Å²) in [5.74, 6) is 0.482. The summed E-state index contributed by atoms with van der Waals surface area (Å²) in [5, 5.41) is 5.60. The van der Waals surface area contributed by atoms with Gasteiger partial charge < -0.3 is 10.1 Å². The Morgan fingerprint density at radius 2 is 2.00 bits per heavy atom. The molecular weight excluding hydrogens is 218 g/mol. The molecule has 94 valence electrons. The van der Waals surface area contributed by atoms with Crippen LogP contribution in [0.15, 0.2) is 12.1 Å². The van der Waals surface area contributed by atoms with Crippen molar-refractivity contribution >= 4 is 17.6 Å². The minimum atomic E-state index is -0.510. The van der Waals surface area contributed by atoms with Crippen LogP contribution < -0.4 is 10.6 Å². The standard InChI is InChI=1S/C12H19N3O2/c1-8-9(13-5)6-7-10(14-8)15-11(16)17-12(2,3)4/h6-7,13H,1-5H3,(H,14,15,16). The van der Waals surface area contributed by atoms with E-state index in [9.17, 15) is 4.79 Å². The van der Waals surface area contributed by atoms with Crippen molar-refractivity contribution in [2.45, 2.75) is 33.3 Å². The highest BCUT2D eigenvalue weighted by Crippen LogP contribution is 2.15. The molecule has 17 heavy (non-hydrogen) atoms. The van der Waals surface area contributed by atoms with Gasteiger partial charge in [0.15, 0.2) is 0 Å². The van der Waals surface area contributed by atoms with Gasteiger partial charge in [0, 0.05) is 7.05 Å². The number of hydrogen-bond acceptors (Lipinski definition) is 4. The predicted octanol–water partition coefficient (Wildman–Crippen LogP) is 2.78. The highest BCUT2D eigenvalue weighted by Gasteiger charge is 2.16. The number of anilines is 2. The Morgan fingerprint density at radius 1 is 1.35 bits per heavy atom. The van der Waals surface area contributed by atoms with Crippen LogP contribution in [-0.4, -0.2) is 23.7 Å². The number of amides is 1. The molecule has 1 aromatic heterocycles. The summed E-state index contributed by atoms with van der Waals surface area (Å²) in [5.41, 5.74) is 1.24. The molecule has 0 atom stereocenters. The van der Waals surface area contributed by atoms with Crippen LogP contribution in [0.3, 0.4) is 0 Å². The average molecular weight is 237 g/mol. The molecule has 0 aliphatic heterocycles. The first-order valence-electron chi connectivity index (χ1n) is 5.47. The third-order valence-corrected chi connectivity index (χ3v) is 1.98. The Hall–Kier alpha value is -1.78. The molecule has 0 saturated heterocycles. The zero-order valence-corrected chi connectivity index (χ0v) is 10.9. The van der Waals surface area contributed by atoms with E-state index in [2.05, 4.69) is 15.6 Å². The molecule has 0 bridgehead atoms. The number of rotatable bonds is 2. The summed E-state index contributed by atoms with van der Waals surface area (Å²) in [6.07, 6.45) is -0.499. The van der Waals surface area contributed by atoms with E-state index in [0.717, 1.165) is 11.4 Å². The number of carbonyl (C=O) groups is 1. The Labute approximate surface area is 102 Å². The second kappa shape index (κ2) is 5.03. The van der Waals surface area contributed by atoms with Crippen molar-refractivity contribution in [3.05, 3.63) is 17.8 Å². The number of nitrogens with zero attached hydrogens (tertiary/aromatic N) is 1. The normalized spacial score (nSPS) is 10.9. The molecule has 5 nitrogen and oxygen atoms in total. The largest absolute Gasteiger partial charge is 0.444 e. The molecule has 1 heterocycles. The molecule has 5 heteroatoms. The predicted molar refractivity (Wildman–Crippen MR) is 68.4 cm³/mol. The van der Waals surface area contributed by atoms with Crippen molar-refractivity contribution in [3.63, 3.8) is 0 Å². The average Bonchev–Trinajstić information content (AvgIpc) is 2.14. The first-order chi connectivity index (χ1) is 7.81. The maximum atomic E-state index is 11.5. The van der Waals surface area contributed by atoms with Crippen LogP contribution >= 0.6 is 0 Å². The molecule has 0 fully saturated rings. The summed E-state index contributed by atoms with van der Waals surface area (Å²) in [6.45, 7) is 7.31. The van der Waals surface area contributed by atoms with Crippen LogP contribution in [0.5, 0.6) is 0 Å². The summed E-state index contributed by atoms with van der Waals surface area (Å²) in [6, 6.07) is 3.58. The molecule has 0 aliphatic rings. The first kappa shape index (κ1) is 13.3. The fraction of sp³-hybridized carbons (Fsp3) is 0.500. The molecule has 0 aliphatic carbocycles. The topological polar surface area (TPSA) is 63.2 Å². The number of carbonyl (C=O) groups excluding carboxylic acids is 1. The third kappa shape index (κ3) is 4.30. The number of ether oxygens (including phenoxy) is 1. The van der Waals surface area contributed by atoms with Crippen LogP contribution in [0, 0.1) is 6.92 Å². The number of hydrogen-bond donors (Lipinski definition) is 2. The van der Waals surface area contributed by atoms with E-state index in [4.69, 9.17) is 4.74 Å². The SMILES string of the molecule is CNc1ccc(NC(=O)OC(C)(C)C)nc1C. The molecule has 0 saturated carbocycles. The highest BCUT2D eigenvalue weighted by atomic mass is 16.6. The molecule has 0 aromatic carbocycles. The van der Waals surface area contributed by atoms with E-state index in [-0.39, 0.29) is 0 Å². The zero-order valence-electron chi connectivity index (χ0n) is 10.9. The van der Waals surface area contributed by atoms with Gasteiger partial charge in [-0.1, -0.05) is 0 Å². The summed E-state index contributed by atoms with van der Waals surface area (Å²) in [7, 11) is 1.82. The van der Waals surface area contributed by atoms with Gasteiger partial charge in [0.05, 0.1) is 11.4 Å². The summed E-state index contributed by atoms with van der Waals surface area (Å²) < 4.78 is 5.13. The molecule has 0 unspecified atom stereocenters. The van der Waals surface area contributed by atoms with Gasteiger partial charge in [0.2, 0.25) is 0 Å². The van der Waals surface area contributed by atoms with Crippen molar-refractivity contribution in [2.75, 3.05) is 17.7 Å². The maximum absolute atomic E-state index is 11.5. The van der Waals surface area contributed by atoms with Crippen LogP contribution in [0.25, 0.3) is 0 Å². The first-order valence-corrected chi connectivity index (χ1v) is 5.47. The zero-order chi connectivity index (χ0) is 13.1. The Morgan fingerprint density at radius 3 is 2.47 bits per heavy atom. The second-order valence-electron chi connectivity index (χ2n) is 4.71. The van der Waals surface area contributed by atoms with Crippen molar-refractivity contribution in [3.8, 4) is 0 Å². The second-order valence-corrected chi connectivity index (χ2v) is 4.71. The van der Waals surface area contributed by atoms with Gasteiger partial charge in [0.25, 0.3) is 0 Å². The highest BCUT2D eigenvalue weighted by molar-refractivity contribution is 5.83. The van der Waals surface area contributed by atoms with Gasteiger partial charge in [-0.2, -0.15) is 0 Å². The van der Waals surface area contributed by atoms with Crippen LogP contribution in [0.4, 0.5) is 16.3 Å². The minimum absolute atomic E-state index is 0.482. The van der Waals surface area contributed by atoms with Gasteiger partial charge in [-0.15, -0.1) is 0 Å². The lowest BCUT2D eigenvalue weighted by atomic mass is 10.2. The van der Waals surface area contributed by atoms with Gasteiger partial charge in [-0.05, 0) is 39.8 Å². The molecular formula is C12H19N3O2.